The Morgan fingerprint density at radius 1 is 0.885 bits per heavy atom. The van der Waals surface area contributed by atoms with E-state index in [-0.39, 0.29) is 0 Å². The van der Waals surface area contributed by atoms with Crippen LogP contribution in [0.4, 0.5) is 17.5 Å². The predicted octanol–water partition coefficient (Wildman–Crippen LogP) is 3.75. The maximum absolute atomic E-state index is 5.49. The highest BCUT2D eigenvalue weighted by Crippen LogP contribution is 2.28. The monoisotopic (exact) mass is 346 g/mol. The lowest BCUT2D eigenvalue weighted by atomic mass is 10.1. The minimum Gasteiger partial charge on any atom is -0.378 e. The van der Waals surface area contributed by atoms with Crippen molar-refractivity contribution in [2.75, 3.05) is 43.2 Å². The number of hydrogen-bond acceptors (Lipinski definition) is 5. The van der Waals surface area contributed by atoms with E-state index in [2.05, 4.69) is 35.2 Å². The second kappa shape index (κ2) is 7.54. The van der Waals surface area contributed by atoms with E-state index in [4.69, 9.17) is 14.7 Å². The molecule has 3 aromatic rings. The van der Waals surface area contributed by atoms with E-state index in [0.717, 1.165) is 49.1 Å². The van der Waals surface area contributed by atoms with Gasteiger partial charge in [0.1, 0.15) is 5.82 Å². The van der Waals surface area contributed by atoms with Crippen LogP contribution in [-0.2, 0) is 4.74 Å². The summed E-state index contributed by atoms with van der Waals surface area (Å²) in [6.07, 6.45) is 0. The van der Waals surface area contributed by atoms with Gasteiger partial charge in [-0.15, -0.1) is 0 Å². The number of nitrogens with zero attached hydrogens (tertiary/aromatic N) is 4. The van der Waals surface area contributed by atoms with E-state index in [1.165, 1.54) is 0 Å². The molecule has 0 amide bonds. The van der Waals surface area contributed by atoms with Gasteiger partial charge in [-0.05, 0) is 12.1 Å². The fourth-order valence-corrected chi connectivity index (χ4v) is 3.05. The number of hydrogen-bond donors (Lipinski definition) is 0. The summed E-state index contributed by atoms with van der Waals surface area (Å²) >= 11 is 0. The van der Waals surface area contributed by atoms with Gasteiger partial charge in [-0.25, -0.2) is 4.98 Å². The van der Waals surface area contributed by atoms with E-state index in [1.807, 2.05) is 48.3 Å². The fourth-order valence-electron chi connectivity index (χ4n) is 3.05. The van der Waals surface area contributed by atoms with Gasteiger partial charge in [0.15, 0.2) is 0 Å². The van der Waals surface area contributed by atoms with Crippen molar-refractivity contribution >= 4 is 17.5 Å². The van der Waals surface area contributed by atoms with Gasteiger partial charge in [0, 0.05) is 37.5 Å². The second-order valence-corrected chi connectivity index (χ2v) is 6.27. The Morgan fingerprint density at radius 2 is 1.54 bits per heavy atom. The van der Waals surface area contributed by atoms with Crippen LogP contribution in [0.1, 0.15) is 0 Å². The van der Waals surface area contributed by atoms with Gasteiger partial charge < -0.3 is 14.5 Å². The van der Waals surface area contributed by atoms with Gasteiger partial charge in [-0.2, -0.15) is 4.98 Å². The van der Waals surface area contributed by atoms with Gasteiger partial charge >= 0.3 is 0 Å². The molecule has 0 bridgehead atoms. The normalized spacial score (nSPS) is 14.3. The van der Waals surface area contributed by atoms with Crippen molar-refractivity contribution in [3.63, 3.8) is 0 Å². The molecular weight excluding hydrogens is 324 g/mol. The summed E-state index contributed by atoms with van der Waals surface area (Å²) in [7, 11) is 2.00. The molecule has 5 heteroatoms. The largest absolute Gasteiger partial charge is 0.378 e. The highest BCUT2D eigenvalue weighted by atomic mass is 16.5. The molecule has 132 valence electrons. The summed E-state index contributed by atoms with van der Waals surface area (Å²) in [6.45, 7) is 3.16. The van der Waals surface area contributed by atoms with Crippen LogP contribution in [0.5, 0.6) is 0 Å². The third kappa shape index (κ3) is 3.53. The third-order valence-electron chi connectivity index (χ3n) is 4.55. The molecule has 0 unspecified atom stereocenters. The second-order valence-electron chi connectivity index (χ2n) is 6.27. The number of rotatable bonds is 4. The molecule has 0 atom stereocenters. The topological polar surface area (TPSA) is 41.5 Å². The summed E-state index contributed by atoms with van der Waals surface area (Å²) < 4.78 is 5.49. The molecule has 0 radical (unpaired) electrons. The van der Waals surface area contributed by atoms with Crippen molar-refractivity contribution in [1.82, 2.24) is 9.97 Å². The summed E-state index contributed by atoms with van der Waals surface area (Å²) in [5.74, 6) is 1.64. The first-order valence-corrected chi connectivity index (χ1v) is 8.87. The molecule has 1 aliphatic heterocycles. The van der Waals surface area contributed by atoms with Gasteiger partial charge in [-0.3, -0.25) is 0 Å². The molecule has 1 aliphatic rings. The zero-order valence-corrected chi connectivity index (χ0v) is 14.9. The highest BCUT2D eigenvalue weighted by molar-refractivity contribution is 5.67. The smallest absolute Gasteiger partial charge is 0.232 e. The number of para-hydroxylation sites is 1. The van der Waals surface area contributed by atoms with E-state index in [1.54, 1.807) is 0 Å². The van der Waals surface area contributed by atoms with Gasteiger partial charge in [0.05, 0.1) is 18.9 Å². The Morgan fingerprint density at radius 3 is 2.23 bits per heavy atom. The summed E-state index contributed by atoms with van der Waals surface area (Å²) in [6, 6.07) is 22.5. The standard InChI is InChI=1S/C21H22N4O/c1-24(18-10-6-3-7-11-18)21-22-19(17-8-4-2-5-9-17)16-20(23-21)25-12-14-26-15-13-25/h2-11,16H,12-15H2,1H3. The van der Waals surface area contributed by atoms with E-state index < -0.39 is 0 Å². The fraction of sp³-hybridized carbons (Fsp3) is 0.238. The lowest BCUT2D eigenvalue weighted by Gasteiger charge is -2.29. The maximum atomic E-state index is 5.49. The SMILES string of the molecule is CN(c1ccccc1)c1nc(-c2ccccc2)cc(N2CCOCC2)n1. The Hall–Kier alpha value is -2.92. The van der Waals surface area contributed by atoms with Gasteiger partial charge in [-0.1, -0.05) is 48.5 Å². The Kier molecular flexibility index (Phi) is 4.80. The summed E-state index contributed by atoms with van der Waals surface area (Å²) in [5.41, 5.74) is 3.08. The van der Waals surface area contributed by atoms with Crippen LogP contribution < -0.4 is 9.80 Å². The Balaban J connectivity index is 1.77. The predicted molar refractivity (Wildman–Crippen MR) is 105 cm³/mol. The van der Waals surface area contributed by atoms with Crippen LogP contribution >= 0.6 is 0 Å². The number of morpholine rings is 1. The summed E-state index contributed by atoms with van der Waals surface area (Å²) in [4.78, 5) is 14.0. The molecule has 2 aromatic carbocycles. The van der Waals surface area contributed by atoms with Crippen molar-refractivity contribution in [3.05, 3.63) is 66.7 Å². The lowest BCUT2D eigenvalue weighted by Crippen LogP contribution is -2.37. The molecule has 1 saturated heterocycles. The first-order valence-electron chi connectivity index (χ1n) is 8.87. The molecule has 0 N–H and O–H groups in total. The zero-order chi connectivity index (χ0) is 17.8. The number of benzene rings is 2. The van der Waals surface area contributed by atoms with Crippen LogP contribution in [0.25, 0.3) is 11.3 Å². The maximum Gasteiger partial charge on any atom is 0.232 e. The average Bonchev–Trinajstić information content (AvgIpc) is 2.75. The van der Waals surface area contributed by atoms with Crippen molar-refractivity contribution in [2.24, 2.45) is 0 Å². The van der Waals surface area contributed by atoms with Crippen molar-refractivity contribution < 1.29 is 4.74 Å². The Bertz CT molecular complexity index is 848. The highest BCUT2D eigenvalue weighted by Gasteiger charge is 2.17. The van der Waals surface area contributed by atoms with E-state index in [9.17, 15) is 0 Å². The van der Waals surface area contributed by atoms with Gasteiger partial charge in [0.25, 0.3) is 0 Å². The van der Waals surface area contributed by atoms with Gasteiger partial charge in [0.2, 0.25) is 5.95 Å². The van der Waals surface area contributed by atoms with Crippen molar-refractivity contribution in [2.45, 2.75) is 0 Å². The number of aromatic nitrogens is 2. The van der Waals surface area contributed by atoms with Crippen LogP contribution in [0.2, 0.25) is 0 Å². The molecule has 26 heavy (non-hydrogen) atoms. The van der Waals surface area contributed by atoms with E-state index >= 15 is 0 Å². The molecule has 4 rings (SSSR count). The molecule has 0 aliphatic carbocycles. The first-order chi connectivity index (χ1) is 12.8. The molecule has 5 nitrogen and oxygen atoms in total. The summed E-state index contributed by atoms with van der Waals surface area (Å²) in [5, 5.41) is 0. The Labute approximate surface area is 153 Å². The molecule has 1 aromatic heterocycles. The van der Waals surface area contributed by atoms with Crippen molar-refractivity contribution in [1.29, 1.82) is 0 Å². The molecule has 1 fully saturated rings. The molecule has 0 saturated carbocycles. The van der Waals surface area contributed by atoms with Crippen LogP contribution in [0, 0.1) is 0 Å². The van der Waals surface area contributed by atoms with E-state index in [0.29, 0.717) is 5.95 Å². The van der Waals surface area contributed by atoms with Crippen LogP contribution in [0.3, 0.4) is 0 Å². The minimum absolute atomic E-state index is 0.694. The number of ether oxygens (including phenoxy) is 1. The number of anilines is 3. The minimum atomic E-state index is 0.694. The molecular formula is C21H22N4O. The lowest BCUT2D eigenvalue weighted by molar-refractivity contribution is 0.122. The average molecular weight is 346 g/mol. The zero-order valence-electron chi connectivity index (χ0n) is 14.9. The van der Waals surface area contributed by atoms with Crippen LogP contribution in [-0.4, -0.2) is 43.3 Å². The molecule has 2 heterocycles. The third-order valence-corrected chi connectivity index (χ3v) is 4.55. The van der Waals surface area contributed by atoms with Crippen molar-refractivity contribution in [3.8, 4) is 11.3 Å². The quantitative estimate of drug-likeness (QED) is 0.720. The molecule has 0 spiro atoms. The van der Waals surface area contributed by atoms with Crippen LogP contribution in [0.15, 0.2) is 66.7 Å². The first kappa shape index (κ1) is 16.5.